The minimum atomic E-state index is 0.487. The van der Waals surface area contributed by atoms with Crippen molar-refractivity contribution in [3.05, 3.63) is 23.8 Å². The maximum absolute atomic E-state index is 5.44. The number of nitrogens with zero attached hydrogens (tertiary/aromatic N) is 1. The molecule has 0 spiro atoms. The second kappa shape index (κ2) is 4.74. The molecule has 2 rings (SSSR count). The van der Waals surface area contributed by atoms with Gasteiger partial charge in [-0.25, -0.2) is 0 Å². The van der Waals surface area contributed by atoms with Crippen molar-refractivity contribution in [2.24, 2.45) is 0 Å². The van der Waals surface area contributed by atoms with Crippen LogP contribution in [0, 0.1) is 0 Å². The van der Waals surface area contributed by atoms with E-state index in [1.165, 1.54) is 24.9 Å². The molecule has 0 N–H and O–H groups in total. The minimum Gasteiger partial charge on any atom is -0.497 e. The molecule has 0 saturated carbocycles. The topological polar surface area (TPSA) is 21.7 Å². The molecular formula is C13H19NO2. The van der Waals surface area contributed by atoms with Gasteiger partial charge in [0.15, 0.2) is 0 Å². The van der Waals surface area contributed by atoms with Gasteiger partial charge in [0.1, 0.15) is 11.5 Å². The normalized spacial score (nSPS) is 21.1. The largest absolute Gasteiger partial charge is 0.497 e. The van der Waals surface area contributed by atoms with E-state index in [-0.39, 0.29) is 0 Å². The molecule has 1 atom stereocenters. The fraction of sp³-hybridized carbons (Fsp3) is 0.538. The van der Waals surface area contributed by atoms with Crippen LogP contribution in [0.15, 0.2) is 18.2 Å². The molecule has 88 valence electrons. The number of hydrogen-bond acceptors (Lipinski definition) is 3. The second-order valence-corrected chi connectivity index (χ2v) is 4.25. The molecule has 16 heavy (non-hydrogen) atoms. The van der Waals surface area contributed by atoms with E-state index >= 15 is 0 Å². The van der Waals surface area contributed by atoms with E-state index in [4.69, 9.17) is 9.47 Å². The van der Waals surface area contributed by atoms with Gasteiger partial charge in [0, 0.05) is 17.7 Å². The Balaban J connectivity index is 2.32. The predicted molar refractivity (Wildman–Crippen MR) is 64.2 cm³/mol. The summed E-state index contributed by atoms with van der Waals surface area (Å²) in [4.78, 5) is 2.38. The highest BCUT2D eigenvalue weighted by atomic mass is 16.5. The van der Waals surface area contributed by atoms with E-state index in [0.717, 1.165) is 11.5 Å². The summed E-state index contributed by atoms with van der Waals surface area (Å²) in [6.45, 7) is 1.17. The zero-order valence-corrected chi connectivity index (χ0v) is 10.2. The fourth-order valence-corrected chi connectivity index (χ4v) is 2.40. The van der Waals surface area contributed by atoms with Gasteiger partial charge in [-0.2, -0.15) is 0 Å². The first kappa shape index (κ1) is 11.3. The van der Waals surface area contributed by atoms with E-state index in [2.05, 4.69) is 18.0 Å². The van der Waals surface area contributed by atoms with E-state index in [1.54, 1.807) is 14.2 Å². The lowest BCUT2D eigenvalue weighted by Gasteiger charge is -2.22. The smallest absolute Gasteiger partial charge is 0.127 e. The average molecular weight is 221 g/mol. The summed E-state index contributed by atoms with van der Waals surface area (Å²) < 4.78 is 10.6. The van der Waals surface area contributed by atoms with Gasteiger partial charge in [-0.05, 0) is 32.5 Å². The van der Waals surface area contributed by atoms with Gasteiger partial charge in [-0.1, -0.05) is 6.07 Å². The zero-order chi connectivity index (χ0) is 11.5. The first-order valence-corrected chi connectivity index (χ1v) is 5.68. The van der Waals surface area contributed by atoms with Crippen molar-refractivity contribution < 1.29 is 9.47 Å². The Kier molecular flexibility index (Phi) is 3.34. The third-order valence-corrected chi connectivity index (χ3v) is 3.32. The summed E-state index contributed by atoms with van der Waals surface area (Å²) in [6, 6.07) is 6.57. The molecule has 0 aliphatic carbocycles. The standard InChI is InChI=1S/C13H19NO2/c1-14-8-4-5-12(14)11-7-6-10(15-2)9-13(11)16-3/h6-7,9,12H,4-5,8H2,1-3H3. The van der Waals surface area contributed by atoms with Gasteiger partial charge in [-0.3, -0.25) is 4.90 Å². The Hall–Kier alpha value is -1.22. The third kappa shape index (κ3) is 2.00. The van der Waals surface area contributed by atoms with Gasteiger partial charge < -0.3 is 9.47 Å². The van der Waals surface area contributed by atoms with Crippen LogP contribution < -0.4 is 9.47 Å². The van der Waals surface area contributed by atoms with Crippen LogP contribution >= 0.6 is 0 Å². The Morgan fingerprint density at radius 2 is 2.06 bits per heavy atom. The molecule has 1 aromatic rings. The number of benzene rings is 1. The summed E-state index contributed by atoms with van der Waals surface area (Å²) in [5.74, 6) is 1.78. The number of ether oxygens (including phenoxy) is 2. The maximum atomic E-state index is 5.44. The van der Waals surface area contributed by atoms with Crippen molar-refractivity contribution in [1.82, 2.24) is 4.90 Å². The number of rotatable bonds is 3. The summed E-state index contributed by atoms with van der Waals surface area (Å²) in [6.07, 6.45) is 2.47. The van der Waals surface area contributed by atoms with Gasteiger partial charge in [0.25, 0.3) is 0 Å². The first-order chi connectivity index (χ1) is 7.76. The molecule has 1 aliphatic heterocycles. The van der Waals surface area contributed by atoms with E-state index in [1.807, 2.05) is 12.1 Å². The average Bonchev–Trinajstić information content (AvgIpc) is 2.74. The van der Waals surface area contributed by atoms with Crippen molar-refractivity contribution >= 4 is 0 Å². The fourth-order valence-electron chi connectivity index (χ4n) is 2.40. The molecule has 0 radical (unpaired) electrons. The van der Waals surface area contributed by atoms with Crippen LogP contribution in [0.5, 0.6) is 11.5 Å². The Labute approximate surface area is 97.0 Å². The van der Waals surface area contributed by atoms with Crippen LogP contribution in [0.2, 0.25) is 0 Å². The van der Waals surface area contributed by atoms with E-state index in [0.29, 0.717) is 6.04 Å². The molecule has 0 aromatic heterocycles. The summed E-state index contributed by atoms with van der Waals surface area (Å²) in [5, 5.41) is 0. The molecule has 1 heterocycles. The minimum absolute atomic E-state index is 0.487. The van der Waals surface area contributed by atoms with Gasteiger partial charge in [0.2, 0.25) is 0 Å². The van der Waals surface area contributed by atoms with Crippen LogP contribution in [-0.4, -0.2) is 32.7 Å². The van der Waals surface area contributed by atoms with Gasteiger partial charge in [0.05, 0.1) is 14.2 Å². The van der Waals surface area contributed by atoms with Crippen molar-refractivity contribution in [2.45, 2.75) is 18.9 Å². The molecule has 0 amide bonds. The highest BCUT2D eigenvalue weighted by Gasteiger charge is 2.25. The van der Waals surface area contributed by atoms with Gasteiger partial charge >= 0.3 is 0 Å². The maximum Gasteiger partial charge on any atom is 0.127 e. The molecular weight excluding hydrogens is 202 g/mol. The Morgan fingerprint density at radius 1 is 1.25 bits per heavy atom. The van der Waals surface area contributed by atoms with Crippen molar-refractivity contribution in [3.63, 3.8) is 0 Å². The highest BCUT2D eigenvalue weighted by molar-refractivity contribution is 5.42. The Morgan fingerprint density at radius 3 is 2.62 bits per heavy atom. The lowest BCUT2D eigenvalue weighted by molar-refractivity contribution is 0.304. The van der Waals surface area contributed by atoms with Crippen molar-refractivity contribution in [2.75, 3.05) is 27.8 Å². The van der Waals surface area contributed by atoms with Crippen LogP contribution in [0.3, 0.4) is 0 Å². The number of likely N-dealkylation sites (tertiary alicyclic amines) is 1. The summed E-state index contributed by atoms with van der Waals surface area (Å²) in [7, 11) is 5.56. The predicted octanol–water partition coefficient (Wildman–Crippen LogP) is 2.47. The molecule has 3 heteroatoms. The van der Waals surface area contributed by atoms with Gasteiger partial charge in [-0.15, -0.1) is 0 Å². The van der Waals surface area contributed by atoms with Crippen molar-refractivity contribution in [3.8, 4) is 11.5 Å². The van der Waals surface area contributed by atoms with E-state index in [9.17, 15) is 0 Å². The quantitative estimate of drug-likeness (QED) is 0.782. The SMILES string of the molecule is COc1ccc(C2CCCN2C)c(OC)c1. The van der Waals surface area contributed by atoms with Crippen LogP contribution in [0.1, 0.15) is 24.4 Å². The summed E-state index contributed by atoms with van der Waals surface area (Å²) >= 11 is 0. The van der Waals surface area contributed by atoms with Crippen LogP contribution in [0.4, 0.5) is 0 Å². The molecule has 1 unspecified atom stereocenters. The summed E-state index contributed by atoms with van der Waals surface area (Å²) in [5.41, 5.74) is 1.27. The molecule has 0 bridgehead atoms. The highest BCUT2D eigenvalue weighted by Crippen LogP contribution is 2.37. The van der Waals surface area contributed by atoms with Crippen LogP contribution in [-0.2, 0) is 0 Å². The molecule has 3 nitrogen and oxygen atoms in total. The van der Waals surface area contributed by atoms with Crippen LogP contribution in [0.25, 0.3) is 0 Å². The number of hydrogen-bond donors (Lipinski definition) is 0. The lowest BCUT2D eigenvalue weighted by Crippen LogP contribution is -2.18. The third-order valence-electron chi connectivity index (χ3n) is 3.32. The Bertz CT molecular complexity index is 365. The molecule has 1 aliphatic rings. The zero-order valence-electron chi connectivity index (χ0n) is 10.2. The van der Waals surface area contributed by atoms with E-state index < -0.39 is 0 Å². The molecule has 1 saturated heterocycles. The first-order valence-electron chi connectivity index (χ1n) is 5.68. The number of methoxy groups -OCH3 is 2. The second-order valence-electron chi connectivity index (χ2n) is 4.25. The molecule has 1 fully saturated rings. The lowest BCUT2D eigenvalue weighted by atomic mass is 10.0. The van der Waals surface area contributed by atoms with Crippen molar-refractivity contribution in [1.29, 1.82) is 0 Å². The molecule has 1 aromatic carbocycles. The monoisotopic (exact) mass is 221 g/mol.